The molecule has 0 radical (unpaired) electrons. The molecule has 0 bridgehead atoms. The van der Waals surface area contributed by atoms with E-state index in [1.165, 1.54) is 0 Å². The van der Waals surface area contributed by atoms with Gasteiger partial charge in [-0.3, -0.25) is 9.05 Å². The lowest BCUT2D eigenvalue weighted by Gasteiger charge is -2.18. The maximum atomic E-state index is 10.8. The van der Waals surface area contributed by atoms with Gasteiger partial charge in [0, 0.05) is 6.51 Å². The largest absolute Gasteiger partial charge is 0.472 e. The van der Waals surface area contributed by atoms with E-state index in [9.17, 15) is 4.57 Å². The molecule has 0 aromatic carbocycles. The van der Waals surface area contributed by atoms with Crippen LogP contribution in [0.25, 0.3) is 0 Å². The van der Waals surface area contributed by atoms with Crippen LogP contribution in [0, 0.1) is 0 Å². The normalized spacial score (nSPS) is 36.3. The van der Waals surface area contributed by atoms with Gasteiger partial charge in [0.1, 0.15) is 20.1 Å². The van der Waals surface area contributed by atoms with Gasteiger partial charge in [-0.15, -0.1) is 0 Å². The number of phosphoric ester groups is 1. The van der Waals surface area contributed by atoms with Crippen LogP contribution in [0.15, 0.2) is 0 Å². The van der Waals surface area contributed by atoms with Crippen molar-refractivity contribution >= 4 is 15.7 Å². The predicted octanol–water partition coefficient (Wildman–Crippen LogP) is -1.53. The lowest BCUT2D eigenvalue weighted by molar-refractivity contribution is -0.0313. The van der Waals surface area contributed by atoms with E-state index in [0.717, 1.165) is 0 Å². The third-order valence-electron chi connectivity index (χ3n) is 1.65. The average molecular weight is 210 g/mol. The second kappa shape index (κ2) is 4.55. The summed E-state index contributed by atoms with van der Waals surface area (Å²) in [5.74, 6) is 0. The van der Waals surface area contributed by atoms with E-state index in [4.69, 9.17) is 14.7 Å². The Morgan fingerprint density at radius 2 is 2.46 bits per heavy atom. The van der Waals surface area contributed by atoms with Gasteiger partial charge in [0.15, 0.2) is 0 Å². The lowest BCUT2D eigenvalue weighted by atomic mass is 10.2. The lowest BCUT2D eigenvalue weighted by Crippen LogP contribution is -2.34. The molecule has 0 aromatic heterocycles. The van der Waals surface area contributed by atoms with Crippen molar-refractivity contribution < 1.29 is 28.3 Å². The van der Waals surface area contributed by atoms with Crippen molar-refractivity contribution in [3.8, 4) is 0 Å². The number of aliphatic hydroxyl groups excluding tert-OH is 1. The maximum Gasteiger partial charge on any atom is 0.472 e. The van der Waals surface area contributed by atoms with Gasteiger partial charge in [-0.25, -0.2) is 4.57 Å². The van der Waals surface area contributed by atoms with Gasteiger partial charge in [0.25, 0.3) is 0 Å². The number of ether oxygens (including phenoxy) is 1. The molecule has 1 saturated heterocycles. The van der Waals surface area contributed by atoms with Crippen LogP contribution in [0.3, 0.4) is 0 Å². The summed E-state index contributed by atoms with van der Waals surface area (Å²) in [7, 11) is -2.12. The zero-order chi connectivity index (χ0) is 9.90. The Kier molecular flexibility index (Phi) is 3.91. The van der Waals surface area contributed by atoms with Crippen LogP contribution in [0.1, 0.15) is 0 Å². The highest BCUT2D eigenvalue weighted by Gasteiger charge is 2.39. The molecular formula is C5H12BO6P. The molecule has 2 N–H and O–H groups in total. The second-order valence-electron chi connectivity index (χ2n) is 2.58. The summed E-state index contributed by atoms with van der Waals surface area (Å²) in [6.45, 7) is 0.113. The molecule has 0 aromatic rings. The molecule has 8 heteroatoms. The van der Waals surface area contributed by atoms with E-state index in [0.29, 0.717) is 6.51 Å². The number of rotatable bonds is 4. The summed E-state index contributed by atoms with van der Waals surface area (Å²) in [6.07, 6.45) is -1.27. The number of hydrogen-bond acceptors (Lipinski definition) is 5. The summed E-state index contributed by atoms with van der Waals surface area (Å²) in [5.41, 5.74) is 0. The molecule has 1 fully saturated rings. The van der Waals surface area contributed by atoms with Gasteiger partial charge in [0.05, 0.1) is 13.2 Å². The number of aliphatic hydroxyl groups is 1. The van der Waals surface area contributed by atoms with Crippen molar-refractivity contribution in [2.75, 3.05) is 19.7 Å². The molecule has 1 rings (SSSR count). The van der Waals surface area contributed by atoms with Gasteiger partial charge < -0.3 is 14.7 Å². The van der Waals surface area contributed by atoms with Crippen molar-refractivity contribution in [1.82, 2.24) is 0 Å². The number of hydrogen-bond donors (Lipinski definition) is 2. The van der Waals surface area contributed by atoms with E-state index < -0.39 is 20.0 Å². The summed E-state index contributed by atoms with van der Waals surface area (Å²) < 4.78 is 25.0. The quantitative estimate of drug-likeness (QED) is 0.432. The van der Waals surface area contributed by atoms with E-state index in [1.807, 2.05) is 0 Å². The predicted molar refractivity (Wildman–Crippen MR) is 46.0 cm³/mol. The fourth-order valence-electron chi connectivity index (χ4n) is 1.07. The Bertz CT molecular complexity index is 211. The third-order valence-corrected chi connectivity index (χ3v) is 2.66. The standard InChI is InChI=1S/C5H12BO6P/c6-3-10-4(1-7)5-2-11-13(8,9)12-5/h4-5,7H,1-3,6H2,(H,8,9)/t4-,5?/m1/s1. The fourth-order valence-corrected chi connectivity index (χ4v) is 2.00. The van der Waals surface area contributed by atoms with Crippen LogP contribution in [0.4, 0.5) is 0 Å². The molecule has 1 aliphatic heterocycles. The minimum absolute atomic E-state index is 0.0288. The molecule has 76 valence electrons. The van der Waals surface area contributed by atoms with Gasteiger partial charge >= 0.3 is 7.82 Å². The minimum atomic E-state index is -3.88. The zero-order valence-electron chi connectivity index (χ0n) is 7.25. The van der Waals surface area contributed by atoms with Gasteiger partial charge in [-0.2, -0.15) is 0 Å². The third kappa shape index (κ3) is 3.05. The summed E-state index contributed by atoms with van der Waals surface area (Å²) in [5, 5.41) is 8.86. The van der Waals surface area contributed by atoms with Gasteiger partial charge in [0.2, 0.25) is 0 Å². The topological polar surface area (TPSA) is 85.2 Å². The highest BCUT2D eigenvalue weighted by molar-refractivity contribution is 7.47. The first-order chi connectivity index (χ1) is 6.09. The van der Waals surface area contributed by atoms with Crippen LogP contribution in [-0.2, 0) is 18.3 Å². The smallest absolute Gasteiger partial charge is 0.394 e. The Morgan fingerprint density at radius 3 is 2.85 bits per heavy atom. The Morgan fingerprint density at radius 1 is 1.77 bits per heavy atom. The zero-order valence-corrected chi connectivity index (χ0v) is 8.15. The summed E-state index contributed by atoms with van der Waals surface area (Å²) >= 11 is 0. The first-order valence-corrected chi connectivity index (χ1v) is 5.47. The molecule has 0 saturated carbocycles. The summed E-state index contributed by atoms with van der Waals surface area (Å²) in [4.78, 5) is 8.85. The Balaban J connectivity index is 2.48. The average Bonchev–Trinajstić information content (AvgIpc) is 2.42. The van der Waals surface area contributed by atoms with Gasteiger partial charge in [-0.05, 0) is 0 Å². The maximum absolute atomic E-state index is 10.8. The van der Waals surface area contributed by atoms with E-state index >= 15 is 0 Å². The molecular weight excluding hydrogens is 198 g/mol. The SMILES string of the molecule is BCO[C@H](CO)C1COP(=O)(O)O1. The van der Waals surface area contributed by atoms with Crippen LogP contribution < -0.4 is 0 Å². The minimum Gasteiger partial charge on any atom is -0.394 e. The van der Waals surface area contributed by atoms with Crippen molar-refractivity contribution in [2.45, 2.75) is 12.2 Å². The highest BCUT2D eigenvalue weighted by atomic mass is 31.2. The first-order valence-electron chi connectivity index (χ1n) is 3.97. The van der Waals surface area contributed by atoms with Crippen LogP contribution in [0.5, 0.6) is 0 Å². The second-order valence-corrected chi connectivity index (χ2v) is 3.99. The summed E-state index contributed by atoms with van der Waals surface area (Å²) in [6, 6.07) is 0. The Hall–Kier alpha value is 0.0949. The van der Waals surface area contributed by atoms with Crippen molar-refractivity contribution in [3.05, 3.63) is 0 Å². The van der Waals surface area contributed by atoms with Gasteiger partial charge in [-0.1, -0.05) is 0 Å². The van der Waals surface area contributed by atoms with E-state index in [-0.39, 0.29) is 13.2 Å². The van der Waals surface area contributed by atoms with Crippen LogP contribution >= 0.6 is 7.82 Å². The van der Waals surface area contributed by atoms with Crippen LogP contribution in [0.2, 0.25) is 0 Å². The fraction of sp³-hybridized carbons (Fsp3) is 1.00. The molecule has 6 nitrogen and oxygen atoms in total. The highest BCUT2D eigenvalue weighted by Crippen LogP contribution is 2.50. The van der Waals surface area contributed by atoms with Crippen molar-refractivity contribution in [1.29, 1.82) is 0 Å². The molecule has 1 aliphatic rings. The first kappa shape index (κ1) is 11.2. The van der Waals surface area contributed by atoms with Crippen LogP contribution in [-0.4, -0.2) is 49.8 Å². The molecule has 13 heavy (non-hydrogen) atoms. The molecule has 0 spiro atoms. The van der Waals surface area contributed by atoms with Crippen molar-refractivity contribution in [2.24, 2.45) is 0 Å². The molecule has 0 aliphatic carbocycles. The molecule has 2 unspecified atom stereocenters. The number of phosphoric acid groups is 1. The van der Waals surface area contributed by atoms with E-state index in [1.54, 1.807) is 7.85 Å². The monoisotopic (exact) mass is 210 g/mol. The Labute approximate surface area is 76.8 Å². The molecule has 1 heterocycles. The molecule has 0 amide bonds. The van der Waals surface area contributed by atoms with Crippen molar-refractivity contribution in [3.63, 3.8) is 0 Å². The molecule has 3 atom stereocenters. The van der Waals surface area contributed by atoms with E-state index in [2.05, 4.69) is 9.05 Å².